The van der Waals surface area contributed by atoms with Crippen molar-refractivity contribution in [3.8, 4) is 11.4 Å². The maximum absolute atomic E-state index is 14.0. The number of rotatable bonds is 7. The van der Waals surface area contributed by atoms with E-state index < -0.39 is 0 Å². The number of ether oxygens (including phenoxy) is 2. The molecule has 1 atom stereocenters. The van der Waals surface area contributed by atoms with Gasteiger partial charge >= 0.3 is 0 Å². The van der Waals surface area contributed by atoms with E-state index in [9.17, 15) is 9.59 Å². The molecule has 3 heterocycles. The number of Topliss-reactive ketones (excluding diaryl/α,β-unsaturated/α-hetero) is 1. The molecular formula is C27H25BrN2O4S2. The van der Waals surface area contributed by atoms with E-state index >= 15 is 0 Å². The van der Waals surface area contributed by atoms with Gasteiger partial charge in [-0.25, -0.2) is 4.98 Å². The van der Waals surface area contributed by atoms with Crippen LogP contribution in [0.4, 0.5) is 0 Å². The van der Waals surface area contributed by atoms with Crippen molar-refractivity contribution in [1.82, 2.24) is 9.55 Å². The summed E-state index contributed by atoms with van der Waals surface area (Å²) in [6, 6.07) is 14.6. The molecule has 0 unspecified atom stereocenters. The Labute approximate surface area is 225 Å². The average Bonchev–Trinajstić information content (AvgIpc) is 3.25. The van der Waals surface area contributed by atoms with Crippen molar-refractivity contribution in [1.29, 1.82) is 0 Å². The second-order valence-electron chi connectivity index (χ2n) is 8.93. The molecule has 9 heteroatoms. The molecule has 0 N–H and O–H groups in total. The largest absolute Gasteiger partial charge is 0.497 e. The Kier molecular flexibility index (Phi) is 7.35. The van der Waals surface area contributed by atoms with Crippen molar-refractivity contribution >= 4 is 55.0 Å². The third-order valence-corrected chi connectivity index (χ3v) is 8.85. The SMILES string of the molecule is COc1ccc(-n2c(SCC(=O)c3ccc(Br)cc3)nc3sc4c(c3c2=O)C[C@@H](C(C)C)OC4)cc1. The normalized spacial score (nSPS) is 15.3. The number of ketones is 1. The predicted molar refractivity (Wildman–Crippen MR) is 148 cm³/mol. The summed E-state index contributed by atoms with van der Waals surface area (Å²) in [7, 11) is 1.61. The molecule has 0 saturated carbocycles. The zero-order valence-corrected chi connectivity index (χ0v) is 23.3. The summed E-state index contributed by atoms with van der Waals surface area (Å²) in [5.41, 5.74) is 2.22. The second-order valence-corrected chi connectivity index (χ2v) is 11.9. The summed E-state index contributed by atoms with van der Waals surface area (Å²) in [6.07, 6.45) is 0.767. The molecule has 2 aromatic carbocycles. The standard InChI is InChI=1S/C27H25BrN2O4S2/c1-15(2)22-12-20-23(13-34-22)36-25-24(20)26(32)30(18-8-10-19(33-3)11-9-18)27(29-25)35-14-21(31)16-4-6-17(28)7-5-16/h4-11,15,22H,12-14H2,1-3H3/t22-/m0/s1. The highest BCUT2D eigenvalue weighted by Gasteiger charge is 2.29. The molecular weight excluding hydrogens is 560 g/mol. The molecule has 6 nitrogen and oxygen atoms in total. The van der Waals surface area contributed by atoms with Crippen LogP contribution in [0.25, 0.3) is 15.9 Å². The second kappa shape index (κ2) is 10.5. The lowest BCUT2D eigenvalue weighted by Gasteiger charge is -2.26. The Bertz CT molecular complexity index is 1480. The van der Waals surface area contributed by atoms with Crippen LogP contribution in [0.15, 0.2) is 63.0 Å². The molecule has 0 saturated heterocycles. The van der Waals surface area contributed by atoms with Gasteiger partial charge in [-0.3, -0.25) is 14.2 Å². The van der Waals surface area contributed by atoms with Crippen molar-refractivity contribution in [3.05, 3.63) is 79.4 Å². The van der Waals surface area contributed by atoms with Crippen molar-refractivity contribution in [2.24, 2.45) is 5.92 Å². The monoisotopic (exact) mass is 584 g/mol. The summed E-state index contributed by atoms with van der Waals surface area (Å²) >= 11 is 6.19. The van der Waals surface area contributed by atoms with Crippen LogP contribution in [0.5, 0.6) is 5.75 Å². The molecule has 36 heavy (non-hydrogen) atoms. The maximum atomic E-state index is 14.0. The van der Waals surface area contributed by atoms with Gasteiger partial charge in [-0.05, 0) is 47.9 Å². The van der Waals surface area contributed by atoms with Crippen LogP contribution in [0, 0.1) is 5.92 Å². The summed E-state index contributed by atoms with van der Waals surface area (Å²) < 4.78 is 13.9. The summed E-state index contributed by atoms with van der Waals surface area (Å²) in [5, 5.41) is 1.14. The molecule has 0 radical (unpaired) electrons. The number of aromatic nitrogens is 2. The number of methoxy groups -OCH3 is 1. The van der Waals surface area contributed by atoms with Crippen LogP contribution in [-0.2, 0) is 17.8 Å². The van der Waals surface area contributed by atoms with Gasteiger partial charge in [0.1, 0.15) is 10.6 Å². The highest BCUT2D eigenvalue weighted by atomic mass is 79.9. The number of thioether (sulfide) groups is 1. The lowest BCUT2D eigenvalue weighted by Crippen LogP contribution is -2.28. The summed E-state index contributed by atoms with van der Waals surface area (Å²) in [5.74, 6) is 1.19. The molecule has 0 spiro atoms. The van der Waals surface area contributed by atoms with E-state index in [1.807, 2.05) is 36.4 Å². The van der Waals surface area contributed by atoms with E-state index in [0.717, 1.165) is 14.9 Å². The first-order chi connectivity index (χ1) is 17.4. The number of hydrogen-bond acceptors (Lipinski definition) is 7. The minimum absolute atomic E-state index is 0.0261. The zero-order chi connectivity index (χ0) is 25.4. The minimum atomic E-state index is -0.120. The van der Waals surface area contributed by atoms with Gasteiger partial charge in [0.15, 0.2) is 10.9 Å². The highest BCUT2D eigenvalue weighted by Crippen LogP contribution is 2.36. The summed E-state index contributed by atoms with van der Waals surface area (Å²) in [4.78, 5) is 33.6. The van der Waals surface area contributed by atoms with E-state index in [1.54, 1.807) is 23.8 Å². The van der Waals surface area contributed by atoms with Gasteiger partial charge in [-0.2, -0.15) is 0 Å². The van der Waals surface area contributed by atoms with Crippen LogP contribution in [0.2, 0.25) is 0 Å². The predicted octanol–water partition coefficient (Wildman–Crippen LogP) is 6.29. The molecule has 0 bridgehead atoms. The molecule has 5 rings (SSSR count). The third kappa shape index (κ3) is 4.89. The molecule has 186 valence electrons. The van der Waals surface area contributed by atoms with Crippen LogP contribution < -0.4 is 10.3 Å². The van der Waals surface area contributed by atoms with Crippen LogP contribution in [0.1, 0.15) is 34.6 Å². The Morgan fingerprint density at radius 3 is 2.61 bits per heavy atom. The zero-order valence-electron chi connectivity index (χ0n) is 20.1. The molecule has 1 aliphatic heterocycles. The Hall–Kier alpha value is -2.46. The lowest BCUT2D eigenvalue weighted by atomic mass is 9.96. The Morgan fingerprint density at radius 1 is 1.22 bits per heavy atom. The molecule has 1 aliphatic rings. The fraction of sp³-hybridized carbons (Fsp3) is 0.296. The highest BCUT2D eigenvalue weighted by molar-refractivity contribution is 9.10. The third-order valence-electron chi connectivity index (χ3n) is 6.28. The van der Waals surface area contributed by atoms with Gasteiger partial charge in [0.05, 0.1) is 36.6 Å². The topological polar surface area (TPSA) is 70.4 Å². The van der Waals surface area contributed by atoms with Crippen molar-refractivity contribution in [2.75, 3.05) is 12.9 Å². The fourth-order valence-electron chi connectivity index (χ4n) is 4.24. The van der Waals surface area contributed by atoms with Gasteiger partial charge in [0.25, 0.3) is 5.56 Å². The summed E-state index contributed by atoms with van der Waals surface area (Å²) in [6.45, 7) is 4.76. The minimum Gasteiger partial charge on any atom is -0.497 e. The molecule has 0 amide bonds. The molecule has 0 aliphatic carbocycles. The molecule has 2 aromatic heterocycles. The quantitative estimate of drug-likeness (QED) is 0.144. The number of benzene rings is 2. The number of hydrogen-bond donors (Lipinski definition) is 0. The lowest BCUT2D eigenvalue weighted by molar-refractivity contribution is 0.00200. The number of carbonyl (C=O) groups is 1. The van der Waals surface area contributed by atoms with E-state index in [0.29, 0.717) is 51.3 Å². The van der Waals surface area contributed by atoms with Gasteiger partial charge in [0.2, 0.25) is 0 Å². The number of fused-ring (bicyclic) bond motifs is 3. The van der Waals surface area contributed by atoms with Gasteiger partial charge < -0.3 is 9.47 Å². The Balaban J connectivity index is 1.59. The first-order valence-corrected chi connectivity index (χ1v) is 14.2. The number of halogens is 1. The van der Waals surface area contributed by atoms with E-state index in [1.165, 1.54) is 23.1 Å². The number of nitrogens with zero attached hydrogens (tertiary/aromatic N) is 2. The first-order valence-electron chi connectivity index (χ1n) is 11.6. The fourth-order valence-corrected chi connectivity index (χ4v) is 6.58. The van der Waals surface area contributed by atoms with Gasteiger partial charge in [-0.15, -0.1) is 11.3 Å². The van der Waals surface area contributed by atoms with Crippen molar-refractivity contribution in [2.45, 2.75) is 38.1 Å². The van der Waals surface area contributed by atoms with E-state index in [2.05, 4.69) is 29.8 Å². The van der Waals surface area contributed by atoms with Crippen molar-refractivity contribution in [3.63, 3.8) is 0 Å². The number of thiophene rings is 1. The van der Waals surface area contributed by atoms with Crippen LogP contribution >= 0.6 is 39.0 Å². The average molecular weight is 586 g/mol. The van der Waals surface area contributed by atoms with Gasteiger partial charge in [0, 0.05) is 21.3 Å². The van der Waals surface area contributed by atoms with E-state index in [4.69, 9.17) is 14.5 Å². The van der Waals surface area contributed by atoms with Crippen LogP contribution in [0.3, 0.4) is 0 Å². The van der Waals surface area contributed by atoms with Crippen molar-refractivity contribution < 1.29 is 14.3 Å². The molecule has 4 aromatic rings. The maximum Gasteiger partial charge on any atom is 0.267 e. The van der Waals surface area contributed by atoms with E-state index in [-0.39, 0.29) is 23.2 Å². The molecule has 0 fully saturated rings. The first kappa shape index (κ1) is 25.2. The Morgan fingerprint density at radius 2 is 1.94 bits per heavy atom. The van der Waals surface area contributed by atoms with Crippen LogP contribution in [-0.4, -0.2) is 34.3 Å². The smallest absolute Gasteiger partial charge is 0.267 e. The van der Waals surface area contributed by atoms with Gasteiger partial charge in [-0.1, -0.05) is 53.7 Å². The number of carbonyl (C=O) groups excluding carboxylic acids is 1.